The van der Waals surface area contributed by atoms with Gasteiger partial charge in [-0.1, -0.05) is 19.3 Å². The minimum atomic E-state index is -0.842. The van der Waals surface area contributed by atoms with E-state index in [0.29, 0.717) is 13.0 Å². The maximum Gasteiger partial charge on any atom is 0.323 e. The van der Waals surface area contributed by atoms with Crippen LogP contribution in [0.2, 0.25) is 0 Å². The molecule has 4 heteroatoms. The van der Waals surface area contributed by atoms with Gasteiger partial charge in [0, 0.05) is 19.3 Å². The molecule has 0 heterocycles. The number of carbonyl (C=O) groups is 1. The average Bonchev–Trinajstić information content (AvgIpc) is 2.24. The first kappa shape index (κ1) is 16.4. The van der Waals surface area contributed by atoms with Crippen molar-refractivity contribution in [3.05, 3.63) is 0 Å². The molecule has 1 aliphatic rings. The van der Waals surface area contributed by atoms with E-state index in [-0.39, 0.29) is 6.04 Å². The van der Waals surface area contributed by atoms with Crippen molar-refractivity contribution in [2.75, 3.05) is 13.2 Å². The van der Waals surface area contributed by atoms with Gasteiger partial charge in [0.15, 0.2) is 0 Å². The van der Waals surface area contributed by atoms with Gasteiger partial charge in [0.2, 0.25) is 0 Å². The Balaban J connectivity index is 2.11. The summed E-state index contributed by atoms with van der Waals surface area (Å²) in [5.41, 5.74) is -0.842. The summed E-state index contributed by atoms with van der Waals surface area (Å²) < 4.78 is 5.60. The molecule has 1 fully saturated rings. The van der Waals surface area contributed by atoms with Crippen molar-refractivity contribution in [3.63, 3.8) is 0 Å². The first-order chi connectivity index (χ1) is 8.94. The topological polar surface area (TPSA) is 58.6 Å². The van der Waals surface area contributed by atoms with E-state index in [4.69, 9.17) is 4.74 Å². The van der Waals surface area contributed by atoms with E-state index in [2.05, 4.69) is 5.32 Å². The van der Waals surface area contributed by atoms with Crippen LogP contribution in [0.25, 0.3) is 0 Å². The number of hydrogen-bond donors (Lipinski definition) is 2. The lowest BCUT2D eigenvalue weighted by Crippen LogP contribution is -2.52. The monoisotopic (exact) mass is 271 g/mol. The second-order valence-corrected chi connectivity index (χ2v) is 6.24. The minimum Gasteiger partial charge on any atom is -0.480 e. The summed E-state index contributed by atoms with van der Waals surface area (Å²) in [6.45, 7) is 7.18. The normalized spacial score (nSPS) is 19.2. The molecule has 1 aliphatic carbocycles. The molecule has 0 aromatic rings. The van der Waals surface area contributed by atoms with E-state index >= 15 is 0 Å². The van der Waals surface area contributed by atoms with Gasteiger partial charge in [-0.05, 0) is 46.0 Å². The summed E-state index contributed by atoms with van der Waals surface area (Å²) >= 11 is 0. The molecule has 0 aromatic carbocycles. The SMILES string of the molecule is CC(C)NC(C)(CCCOCCC1CCC1)C(=O)O. The van der Waals surface area contributed by atoms with Crippen LogP contribution >= 0.6 is 0 Å². The van der Waals surface area contributed by atoms with Crippen LogP contribution in [0.15, 0.2) is 0 Å². The smallest absolute Gasteiger partial charge is 0.323 e. The molecule has 0 aromatic heterocycles. The standard InChI is InChI=1S/C15H29NO3/c1-12(2)16-15(3,14(17)18)9-5-10-19-11-8-13-6-4-7-13/h12-13,16H,4-11H2,1-3H3,(H,17,18). The molecule has 19 heavy (non-hydrogen) atoms. The number of ether oxygens (including phenoxy) is 1. The highest BCUT2D eigenvalue weighted by molar-refractivity contribution is 5.78. The van der Waals surface area contributed by atoms with Gasteiger partial charge in [-0.25, -0.2) is 0 Å². The molecule has 1 atom stereocenters. The van der Waals surface area contributed by atoms with E-state index in [1.807, 2.05) is 13.8 Å². The van der Waals surface area contributed by atoms with Gasteiger partial charge in [0.25, 0.3) is 0 Å². The zero-order valence-electron chi connectivity index (χ0n) is 12.6. The van der Waals surface area contributed by atoms with Crippen molar-refractivity contribution in [3.8, 4) is 0 Å². The van der Waals surface area contributed by atoms with Crippen molar-refractivity contribution in [1.82, 2.24) is 5.32 Å². The summed E-state index contributed by atoms with van der Waals surface area (Å²) in [5, 5.41) is 12.4. The molecule has 0 spiro atoms. The Morgan fingerprint density at radius 1 is 1.42 bits per heavy atom. The molecule has 4 nitrogen and oxygen atoms in total. The molecule has 1 rings (SSSR count). The average molecular weight is 271 g/mol. The number of hydrogen-bond acceptors (Lipinski definition) is 3. The van der Waals surface area contributed by atoms with E-state index in [0.717, 1.165) is 18.9 Å². The highest BCUT2D eigenvalue weighted by Gasteiger charge is 2.32. The van der Waals surface area contributed by atoms with Crippen LogP contribution in [-0.4, -0.2) is 35.9 Å². The lowest BCUT2D eigenvalue weighted by atomic mass is 9.83. The number of nitrogens with one attached hydrogen (secondary N) is 1. The summed E-state index contributed by atoms with van der Waals surface area (Å²) in [6, 6.07) is 0.167. The van der Waals surface area contributed by atoms with Gasteiger partial charge in [-0.3, -0.25) is 10.1 Å². The summed E-state index contributed by atoms with van der Waals surface area (Å²) in [4.78, 5) is 11.3. The molecule has 0 bridgehead atoms. The van der Waals surface area contributed by atoms with Crippen molar-refractivity contribution in [1.29, 1.82) is 0 Å². The third kappa shape index (κ3) is 5.91. The first-order valence-corrected chi connectivity index (χ1v) is 7.53. The van der Waals surface area contributed by atoms with Crippen molar-refractivity contribution in [2.45, 2.75) is 70.9 Å². The van der Waals surface area contributed by atoms with Gasteiger partial charge in [0.05, 0.1) is 0 Å². The van der Waals surface area contributed by atoms with Gasteiger partial charge >= 0.3 is 5.97 Å². The van der Waals surface area contributed by atoms with E-state index in [1.165, 1.54) is 25.7 Å². The van der Waals surface area contributed by atoms with Gasteiger partial charge in [-0.15, -0.1) is 0 Å². The number of aliphatic carboxylic acids is 1. The minimum absolute atomic E-state index is 0.167. The Labute approximate surface area is 116 Å². The highest BCUT2D eigenvalue weighted by atomic mass is 16.5. The first-order valence-electron chi connectivity index (χ1n) is 7.53. The predicted octanol–water partition coefficient (Wildman–Crippen LogP) is 2.81. The summed E-state index contributed by atoms with van der Waals surface area (Å²) in [5.74, 6) is 0.0996. The van der Waals surface area contributed by atoms with E-state index < -0.39 is 11.5 Å². The Morgan fingerprint density at radius 2 is 2.11 bits per heavy atom. The molecule has 0 saturated heterocycles. The van der Waals surface area contributed by atoms with Gasteiger partial charge in [0.1, 0.15) is 5.54 Å². The molecule has 2 N–H and O–H groups in total. The van der Waals surface area contributed by atoms with Crippen LogP contribution in [0.1, 0.15) is 59.3 Å². The molecule has 1 unspecified atom stereocenters. The molecule has 1 saturated carbocycles. The summed E-state index contributed by atoms with van der Waals surface area (Å²) in [7, 11) is 0. The van der Waals surface area contributed by atoms with Crippen LogP contribution in [-0.2, 0) is 9.53 Å². The molecule has 0 aliphatic heterocycles. The Hall–Kier alpha value is -0.610. The lowest BCUT2D eigenvalue weighted by Gasteiger charge is -2.28. The van der Waals surface area contributed by atoms with Gasteiger partial charge in [-0.2, -0.15) is 0 Å². The quantitative estimate of drug-likeness (QED) is 0.600. The van der Waals surface area contributed by atoms with Crippen LogP contribution in [0.3, 0.4) is 0 Å². The number of carboxylic acids is 1. The molecule has 112 valence electrons. The highest BCUT2D eigenvalue weighted by Crippen LogP contribution is 2.29. The summed E-state index contributed by atoms with van der Waals surface area (Å²) in [6.07, 6.45) is 6.65. The number of carboxylic acid groups (broad SMARTS) is 1. The third-order valence-electron chi connectivity index (χ3n) is 3.94. The Morgan fingerprint density at radius 3 is 2.58 bits per heavy atom. The van der Waals surface area contributed by atoms with Crippen molar-refractivity contribution in [2.24, 2.45) is 5.92 Å². The second kappa shape index (κ2) is 7.85. The second-order valence-electron chi connectivity index (χ2n) is 6.24. The zero-order valence-corrected chi connectivity index (χ0v) is 12.6. The molecular weight excluding hydrogens is 242 g/mol. The lowest BCUT2D eigenvalue weighted by molar-refractivity contribution is -0.144. The van der Waals surface area contributed by atoms with E-state index in [9.17, 15) is 9.90 Å². The van der Waals surface area contributed by atoms with E-state index in [1.54, 1.807) is 6.92 Å². The maximum atomic E-state index is 11.3. The van der Waals surface area contributed by atoms with Gasteiger partial charge < -0.3 is 9.84 Å². The fraction of sp³-hybridized carbons (Fsp3) is 0.933. The molecule has 0 radical (unpaired) electrons. The van der Waals surface area contributed by atoms with Crippen molar-refractivity contribution < 1.29 is 14.6 Å². The Kier molecular flexibility index (Phi) is 6.80. The van der Waals surface area contributed by atoms with Crippen LogP contribution in [0, 0.1) is 5.92 Å². The fourth-order valence-electron chi connectivity index (χ4n) is 2.54. The van der Waals surface area contributed by atoms with Crippen molar-refractivity contribution >= 4 is 5.97 Å². The predicted molar refractivity (Wildman–Crippen MR) is 76.3 cm³/mol. The van der Waals surface area contributed by atoms with Crippen LogP contribution in [0.5, 0.6) is 0 Å². The molecule has 0 amide bonds. The zero-order chi connectivity index (χ0) is 14.3. The largest absolute Gasteiger partial charge is 0.480 e. The molecular formula is C15H29NO3. The third-order valence-corrected chi connectivity index (χ3v) is 3.94. The maximum absolute atomic E-state index is 11.3. The van der Waals surface area contributed by atoms with Crippen LogP contribution in [0.4, 0.5) is 0 Å². The fourth-order valence-corrected chi connectivity index (χ4v) is 2.54. The Bertz CT molecular complexity index is 277. The van der Waals surface area contributed by atoms with Crippen LogP contribution < -0.4 is 5.32 Å². The number of rotatable bonds is 10.